The van der Waals surface area contributed by atoms with Crippen LogP contribution in [-0.2, 0) is 17.6 Å². The number of morpholine rings is 1. The van der Waals surface area contributed by atoms with Crippen LogP contribution < -0.4 is 0 Å². The zero-order valence-electron chi connectivity index (χ0n) is 13.5. The van der Waals surface area contributed by atoms with Crippen LogP contribution in [0.4, 0.5) is 17.6 Å². The molecule has 0 saturated carbocycles. The van der Waals surface area contributed by atoms with Gasteiger partial charge in [-0.25, -0.2) is 9.07 Å². The molecule has 140 valence electrons. The molecule has 0 atom stereocenters. The van der Waals surface area contributed by atoms with Gasteiger partial charge in [-0.3, -0.25) is 4.90 Å². The van der Waals surface area contributed by atoms with Gasteiger partial charge in [-0.05, 0) is 29.9 Å². The van der Waals surface area contributed by atoms with Crippen LogP contribution in [0.1, 0.15) is 11.4 Å². The molecule has 1 fully saturated rings. The van der Waals surface area contributed by atoms with Crippen molar-refractivity contribution in [3.8, 4) is 0 Å². The molecule has 0 N–H and O–H groups in total. The molecular formula is C15H15F4N5OS. The predicted octanol–water partition coefficient (Wildman–Crippen LogP) is 2.74. The van der Waals surface area contributed by atoms with Crippen LogP contribution in [0.2, 0.25) is 0 Å². The Balaban J connectivity index is 1.91. The smallest absolute Gasteiger partial charge is 0.379 e. The second kappa shape index (κ2) is 7.64. The van der Waals surface area contributed by atoms with Crippen molar-refractivity contribution in [2.45, 2.75) is 12.8 Å². The normalized spacial score (nSPS) is 16.5. The van der Waals surface area contributed by atoms with Crippen molar-refractivity contribution in [2.24, 2.45) is 5.10 Å². The van der Waals surface area contributed by atoms with Crippen LogP contribution in [0.25, 0.3) is 0 Å². The molecule has 0 amide bonds. The minimum Gasteiger partial charge on any atom is -0.379 e. The van der Waals surface area contributed by atoms with Crippen LogP contribution in [-0.4, -0.2) is 51.9 Å². The third-order valence-electron chi connectivity index (χ3n) is 3.70. The number of halogens is 4. The Labute approximate surface area is 151 Å². The maximum absolute atomic E-state index is 13.3. The minimum absolute atomic E-state index is 0.115. The van der Waals surface area contributed by atoms with Gasteiger partial charge in [0.15, 0.2) is 0 Å². The molecule has 2 heterocycles. The molecule has 26 heavy (non-hydrogen) atoms. The van der Waals surface area contributed by atoms with E-state index in [0.29, 0.717) is 36.5 Å². The summed E-state index contributed by atoms with van der Waals surface area (Å²) in [5.41, 5.74) is 0.433. The lowest BCUT2D eigenvalue weighted by Crippen LogP contribution is -2.37. The summed E-state index contributed by atoms with van der Waals surface area (Å²) in [4.78, 5) is 1.89. The largest absolute Gasteiger partial charge is 0.453 e. The average molecular weight is 389 g/mol. The number of benzene rings is 1. The van der Waals surface area contributed by atoms with Gasteiger partial charge in [0.2, 0.25) is 4.77 Å². The van der Waals surface area contributed by atoms with Gasteiger partial charge in [-0.15, -0.1) is 5.10 Å². The lowest BCUT2D eigenvalue weighted by molar-refractivity contribution is -0.147. The van der Waals surface area contributed by atoms with E-state index in [4.69, 9.17) is 17.0 Å². The van der Waals surface area contributed by atoms with Crippen LogP contribution in [0.15, 0.2) is 29.4 Å². The minimum atomic E-state index is -4.72. The number of hydrogen-bond acceptors (Lipinski definition) is 5. The van der Waals surface area contributed by atoms with Crippen molar-refractivity contribution in [2.75, 3.05) is 26.3 Å². The van der Waals surface area contributed by atoms with Gasteiger partial charge in [0, 0.05) is 13.1 Å². The first kappa shape index (κ1) is 18.7. The van der Waals surface area contributed by atoms with E-state index < -0.39 is 17.8 Å². The molecule has 3 rings (SSSR count). The Bertz CT molecular complexity index is 837. The molecule has 1 aliphatic rings. The molecule has 0 aliphatic carbocycles. The quantitative estimate of drug-likeness (QED) is 0.458. The van der Waals surface area contributed by atoms with Gasteiger partial charge < -0.3 is 4.74 Å². The topological polar surface area (TPSA) is 47.6 Å². The highest BCUT2D eigenvalue weighted by Gasteiger charge is 2.38. The predicted molar refractivity (Wildman–Crippen MR) is 87.8 cm³/mol. The van der Waals surface area contributed by atoms with Crippen molar-refractivity contribution in [3.63, 3.8) is 0 Å². The Morgan fingerprint density at radius 3 is 2.46 bits per heavy atom. The second-order valence-corrected chi connectivity index (χ2v) is 5.95. The molecule has 11 heteroatoms. The number of hydrogen-bond donors (Lipinski definition) is 0. The molecule has 1 aromatic heterocycles. The molecular weight excluding hydrogens is 374 g/mol. The van der Waals surface area contributed by atoms with Crippen LogP contribution in [0.3, 0.4) is 0 Å². The van der Waals surface area contributed by atoms with Gasteiger partial charge >= 0.3 is 6.18 Å². The Morgan fingerprint density at radius 2 is 1.85 bits per heavy atom. The number of alkyl halides is 3. The average Bonchev–Trinajstić information content (AvgIpc) is 2.92. The maximum Gasteiger partial charge on any atom is 0.453 e. The fourth-order valence-electron chi connectivity index (χ4n) is 2.38. The fourth-order valence-corrected chi connectivity index (χ4v) is 2.61. The van der Waals surface area contributed by atoms with Crippen LogP contribution >= 0.6 is 12.2 Å². The van der Waals surface area contributed by atoms with Crippen LogP contribution in [0, 0.1) is 10.6 Å². The van der Waals surface area contributed by atoms with Gasteiger partial charge in [0.1, 0.15) is 5.82 Å². The molecule has 6 nitrogen and oxygen atoms in total. The summed E-state index contributed by atoms with van der Waals surface area (Å²) in [6, 6.07) is 5.17. The molecule has 0 spiro atoms. The maximum atomic E-state index is 13.3. The van der Waals surface area contributed by atoms with E-state index in [-0.39, 0.29) is 11.4 Å². The molecule has 0 unspecified atom stereocenters. The highest BCUT2D eigenvalue weighted by Crippen LogP contribution is 2.28. The summed E-state index contributed by atoms with van der Waals surface area (Å²) in [5.74, 6) is -1.66. The van der Waals surface area contributed by atoms with E-state index >= 15 is 0 Å². The second-order valence-electron chi connectivity index (χ2n) is 5.58. The molecule has 1 aliphatic heterocycles. The molecule has 0 bridgehead atoms. The lowest BCUT2D eigenvalue weighted by atomic mass is 10.2. The van der Waals surface area contributed by atoms with E-state index in [1.54, 1.807) is 0 Å². The van der Waals surface area contributed by atoms with Gasteiger partial charge in [-0.1, -0.05) is 12.1 Å². The van der Waals surface area contributed by atoms with E-state index in [1.807, 2.05) is 4.90 Å². The number of aromatic nitrogens is 3. The summed E-state index contributed by atoms with van der Waals surface area (Å²) in [7, 11) is 0. The number of nitrogens with zero attached hydrogens (tertiary/aromatic N) is 5. The zero-order chi connectivity index (χ0) is 18.7. The van der Waals surface area contributed by atoms with E-state index in [0.717, 1.165) is 4.68 Å². The van der Waals surface area contributed by atoms with Gasteiger partial charge in [0.25, 0.3) is 5.82 Å². The Hall–Kier alpha value is -2.11. The van der Waals surface area contributed by atoms with Crippen molar-refractivity contribution in [1.29, 1.82) is 0 Å². The number of ether oxygens (including phenoxy) is 1. The highest BCUT2D eigenvalue weighted by atomic mass is 32.1. The molecule has 0 radical (unpaired) electrons. The fraction of sp³-hybridized carbons (Fsp3) is 0.400. The monoisotopic (exact) mass is 389 g/mol. The van der Waals surface area contributed by atoms with Crippen molar-refractivity contribution < 1.29 is 22.3 Å². The Morgan fingerprint density at radius 1 is 1.19 bits per heavy atom. The summed E-state index contributed by atoms with van der Waals surface area (Å²) in [5, 5.41) is 7.40. The molecule has 2 aromatic rings. The highest BCUT2D eigenvalue weighted by molar-refractivity contribution is 7.71. The first-order valence-corrected chi connectivity index (χ1v) is 8.12. The van der Waals surface area contributed by atoms with E-state index in [9.17, 15) is 17.6 Å². The molecule has 1 saturated heterocycles. The van der Waals surface area contributed by atoms with E-state index in [1.165, 1.54) is 30.5 Å². The lowest BCUT2D eigenvalue weighted by Gasteiger charge is -2.25. The zero-order valence-corrected chi connectivity index (χ0v) is 14.3. The van der Waals surface area contributed by atoms with Crippen molar-refractivity contribution >= 4 is 18.4 Å². The number of rotatable bonds is 4. The van der Waals surface area contributed by atoms with Gasteiger partial charge in [0.05, 0.1) is 26.1 Å². The summed E-state index contributed by atoms with van der Waals surface area (Å²) >= 11 is 5.12. The SMILES string of the molecule is Fc1ccc(/C=N\n2c(C(F)(F)F)nn(CN3CCOCC3)c2=S)cc1. The Kier molecular flexibility index (Phi) is 5.49. The summed E-state index contributed by atoms with van der Waals surface area (Å²) in [6.07, 6.45) is -3.55. The summed E-state index contributed by atoms with van der Waals surface area (Å²) in [6.45, 7) is 2.28. The summed E-state index contributed by atoms with van der Waals surface area (Å²) < 4.78 is 59.5. The third-order valence-corrected chi connectivity index (χ3v) is 4.09. The van der Waals surface area contributed by atoms with E-state index in [2.05, 4.69) is 10.2 Å². The molecule has 1 aromatic carbocycles. The van der Waals surface area contributed by atoms with Crippen LogP contribution in [0.5, 0.6) is 0 Å². The first-order valence-electron chi connectivity index (χ1n) is 7.71. The van der Waals surface area contributed by atoms with Crippen molar-refractivity contribution in [3.05, 3.63) is 46.2 Å². The first-order chi connectivity index (χ1) is 12.3. The van der Waals surface area contributed by atoms with Crippen molar-refractivity contribution in [1.82, 2.24) is 19.4 Å². The van der Waals surface area contributed by atoms with Gasteiger partial charge in [-0.2, -0.15) is 22.9 Å². The standard InChI is InChI=1S/C15H15F4N5OS/c16-12-3-1-11(2-4-12)9-20-24-13(15(17,18)19)21-23(14(24)26)10-22-5-7-25-8-6-22/h1-4,9H,5-8,10H2/b20-9-. The third kappa shape index (κ3) is 4.34.